The molecule has 0 amide bonds. The van der Waals surface area contributed by atoms with Crippen LogP contribution in [0.25, 0.3) is 0 Å². The fourth-order valence-corrected chi connectivity index (χ4v) is 1.25. The van der Waals surface area contributed by atoms with Crippen molar-refractivity contribution in [2.75, 3.05) is 13.7 Å². The predicted molar refractivity (Wildman–Crippen MR) is 61.0 cm³/mol. The SMILES string of the molecule is C#CCOC(=O)C1OB(OC(=O)C(=O)OC)OC1C(=O)O. The van der Waals surface area contributed by atoms with Crippen molar-refractivity contribution in [2.45, 2.75) is 12.2 Å². The van der Waals surface area contributed by atoms with Gasteiger partial charge in [0, 0.05) is 0 Å². The van der Waals surface area contributed by atoms with Gasteiger partial charge in [-0.05, 0) is 0 Å². The summed E-state index contributed by atoms with van der Waals surface area (Å²) in [5, 5.41) is 8.88. The summed E-state index contributed by atoms with van der Waals surface area (Å²) in [6.07, 6.45) is 1.39. The number of hydrogen-bond donors (Lipinski definition) is 1. The number of terminal acetylenes is 1. The Morgan fingerprint density at radius 1 is 1.24 bits per heavy atom. The third-order valence-corrected chi connectivity index (χ3v) is 2.12. The number of hydrogen-bond acceptors (Lipinski definition) is 9. The lowest BCUT2D eigenvalue weighted by atomic mass is 10.2. The van der Waals surface area contributed by atoms with Crippen LogP contribution in [-0.2, 0) is 42.6 Å². The van der Waals surface area contributed by atoms with Crippen LogP contribution in [0.5, 0.6) is 0 Å². The lowest BCUT2D eigenvalue weighted by Gasteiger charge is -2.11. The lowest BCUT2D eigenvalue weighted by Crippen LogP contribution is -2.38. The minimum absolute atomic E-state index is 0.405. The van der Waals surface area contributed by atoms with Gasteiger partial charge in [0.25, 0.3) is 0 Å². The van der Waals surface area contributed by atoms with Gasteiger partial charge in [-0.15, -0.1) is 6.42 Å². The molecular formula is C10H9BO10. The van der Waals surface area contributed by atoms with Crippen molar-refractivity contribution >= 4 is 31.2 Å². The van der Waals surface area contributed by atoms with E-state index in [1.807, 2.05) is 5.92 Å². The summed E-state index contributed by atoms with van der Waals surface area (Å²) in [7, 11) is -0.943. The van der Waals surface area contributed by atoms with E-state index in [0.717, 1.165) is 7.11 Å². The van der Waals surface area contributed by atoms with Crippen molar-refractivity contribution in [1.82, 2.24) is 0 Å². The number of carbonyl (C=O) groups is 4. The fraction of sp³-hybridized carbons (Fsp3) is 0.400. The molecule has 0 spiro atoms. The van der Waals surface area contributed by atoms with Crippen molar-refractivity contribution in [3.05, 3.63) is 0 Å². The minimum atomic E-state index is -1.87. The molecule has 0 aromatic carbocycles. The molecule has 0 aromatic heterocycles. The largest absolute Gasteiger partial charge is 0.717 e. The normalized spacial score (nSPS) is 20.3. The van der Waals surface area contributed by atoms with E-state index in [2.05, 4.69) is 18.8 Å². The van der Waals surface area contributed by atoms with Gasteiger partial charge in [0.05, 0.1) is 7.11 Å². The summed E-state index contributed by atoms with van der Waals surface area (Å²) in [4.78, 5) is 44.4. The summed E-state index contributed by atoms with van der Waals surface area (Å²) >= 11 is 0. The van der Waals surface area contributed by atoms with Gasteiger partial charge >= 0.3 is 31.2 Å². The standard InChI is InChI=1S/C10H9BO10/c1-3-4-18-8(14)6-5(7(12)13)19-11(20-6)21-10(16)9(15)17-2/h1,5-6H,4H2,2H3,(H,12,13). The molecular weight excluding hydrogens is 291 g/mol. The number of rotatable bonds is 4. The molecule has 1 aliphatic heterocycles. The predicted octanol–water partition coefficient (Wildman–Crippen LogP) is -2.27. The number of methoxy groups -OCH3 is 1. The number of carbonyl (C=O) groups excluding carboxylic acids is 3. The Morgan fingerprint density at radius 3 is 2.38 bits per heavy atom. The molecule has 1 rings (SSSR count). The van der Waals surface area contributed by atoms with Crippen LogP contribution in [0.4, 0.5) is 0 Å². The summed E-state index contributed by atoms with van der Waals surface area (Å²) in [6, 6.07) is 0. The highest BCUT2D eigenvalue weighted by atomic mass is 16.8. The summed E-state index contributed by atoms with van der Waals surface area (Å²) < 4.78 is 22.4. The van der Waals surface area contributed by atoms with Crippen molar-refractivity contribution in [1.29, 1.82) is 0 Å². The maximum Gasteiger partial charge on any atom is 0.717 e. The van der Waals surface area contributed by atoms with E-state index in [0.29, 0.717) is 0 Å². The second-order valence-corrected chi connectivity index (χ2v) is 3.45. The van der Waals surface area contributed by atoms with E-state index in [-0.39, 0.29) is 0 Å². The maximum atomic E-state index is 11.5. The fourth-order valence-electron chi connectivity index (χ4n) is 1.25. The highest BCUT2D eigenvalue weighted by molar-refractivity contribution is 6.46. The molecule has 11 heteroatoms. The number of esters is 2. The lowest BCUT2D eigenvalue weighted by molar-refractivity contribution is -0.162. The van der Waals surface area contributed by atoms with Crippen molar-refractivity contribution in [2.24, 2.45) is 0 Å². The van der Waals surface area contributed by atoms with Gasteiger partial charge < -0.3 is 28.5 Å². The summed E-state index contributed by atoms with van der Waals surface area (Å²) in [5.41, 5.74) is 0. The van der Waals surface area contributed by atoms with Crippen LogP contribution in [0, 0.1) is 12.3 Å². The van der Waals surface area contributed by atoms with Gasteiger partial charge in [-0.3, -0.25) is 0 Å². The van der Waals surface area contributed by atoms with Crippen LogP contribution in [0.1, 0.15) is 0 Å². The van der Waals surface area contributed by atoms with Crippen LogP contribution in [0.2, 0.25) is 0 Å². The van der Waals surface area contributed by atoms with Crippen LogP contribution < -0.4 is 0 Å². The molecule has 112 valence electrons. The smallest absolute Gasteiger partial charge is 0.479 e. The molecule has 1 saturated heterocycles. The zero-order chi connectivity index (χ0) is 16.0. The Hall–Kier alpha value is -2.58. The Labute approximate surface area is 118 Å². The van der Waals surface area contributed by atoms with Gasteiger partial charge in [-0.2, -0.15) is 0 Å². The molecule has 21 heavy (non-hydrogen) atoms. The first-order valence-electron chi connectivity index (χ1n) is 5.33. The highest BCUT2D eigenvalue weighted by Gasteiger charge is 2.52. The van der Waals surface area contributed by atoms with Crippen molar-refractivity contribution in [3.8, 4) is 12.3 Å². The van der Waals surface area contributed by atoms with Gasteiger partial charge in [0.2, 0.25) is 0 Å². The van der Waals surface area contributed by atoms with E-state index < -0.39 is 50.0 Å². The van der Waals surface area contributed by atoms with Gasteiger partial charge in [0.1, 0.15) is 0 Å². The van der Waals surface area contributed by atoms with E-state index in [9.17, 15) is 19.2 Å². The molecule has 0 aliphatic carbocycles. The van der Waals surface area contributed by atoms with Gasteiger partial charge in [0.15, 0.2) is 18.8 Å². The number of ether oxygens (including phenoxy) is 2. The van der Waals surface area contributed by atoms with E-state index in [1.165, 1.54) is 0 Å². The first kappa shape index (κ1) is 16.5. The van der Waals surface area contributed by atoms with Crippen LogP contribution >= 0.6 is 0 Å². The van der Waals surface area contributed by atoms with E-state index in [4.69, 9.17) is 16.2 Å². The second-order valence-electron chi connectivity index (χ2n) is 3.45. The monoisotopic (exact) mass is 300 g/mol. The zero-order valence-corrected chi connectivity index (χ0v) is 10.6. The molecule has 10 nitrogen and oxygen atoms in total. The second kappa shape index (κ2) is 7.27. The number of carboxylic acids is 1. The average Bonchev–Trinajstić information content (AvgIpc) is 2.87. The van der Waals surface area contributed by atoms with Crippen LogP contribution in [0.3, 0.4) is 0 Å². The minimum Gasteiger partial charge on any atom is -0.479 e. The Balaban J connectivity index is 2.71. The molecule has 0 radical (unpaired) electrons. The molecule has 1 aliphatic rings. The molecule has 1 heterocycles. The Kier molecular flexibility index (Phi) is 5.71. The number of aliphatic carboxylic acids is 1. The van der Waals surface area contributed by atoms with E-state index in [1.54, 1.807) is 0 Å². The van der Waals surface area contributed by atoms with Crippen molar-refractivity contribution in [3.63, 3.8) is 0 Å². The van der Waals surface area contributed by atoms with Gasteiger partial charge in [-0.25, -0.2) is 19.2 Å². The molecule has 1 N–H and O–H groups in total. The Bertz CT molecular complexity index is 495. The van der Waals surface area contributed by atoms with Crippen LogP contribution in [0.15, 0.2) is 0 Å². The first-order valence-corrected chi connectivity index (χ1v) is 5.33. The van der Waals surface area contributed by atoms with Gasteiger partial charge in [-0.1, -0.05) is 5.92 Å². The molecule has 1 fully saturated rings. The molecule has 2 unspecified atom stereocenters. The molecule has 0 saturated carbocycles. The molecule has 0 aromatic rings. The third kappa shape index (κ3) is 4.20. The van der Waals surface area contributed by atoms with Crippen LogP contribution in [-0.4, -0.2) is 62.2 Å². The van der Waals surface area contributed by atoms with Crippen molar-refractivity contribution < 1.29 is 47.7 Å². The summed E-state index contributed by atoms with van der Waals surface area (Å²) in [5.74, 6) is -3.51. The summed E-state index contributed by atoms with van der Waals surface area (Å²) in [6.45, 7) is -0.405. The maximum absolute atomic E-state index is 11.5. The molecule has 0 bridgehead atoms. The zero-order valence-electron chi connectivity index (χ0n) is 10.6. The van der Waals surface area contributed by atoms with E-state index >= 15 is 0 Å². The highest BCUT2D eigenvalue weighted by Crippen LogP contribution is 2.19. The molecule has 2 atom stereocenters. The first-order chi connectivity index (χ1) is 9.90. The average molecular weight is 300 g/mol. The topological polar surface area (TPSA) is 135 Å². The number of carboxylic acid groups (broad SMARTS) is 1. The third-order valence-electron chi connectivity index (χ3n) is 2.12. The quantitative estimate of drug-likeness (QED) is 0.262. The Morgan fingerprint density at radius 2 is 1.86 bits per heavy atom.